The van der Waals surface area contributed by atoms with Gasteiger partial charge in [0.25, 0.3) is 5.91 Å². The Kier molecular flexibility index (Phi) is 4.02. The Bertz CT molecular complexity index is 722. The Balaban J connectivity index is 2.33. The molecule has 0 saturated heterocycles. The summed E-state index contributed by atoms with van der Waals surface area (Å²) in [6.07, 6.45) is 0. The van der Waals surface area contributed by atoms with Crippen molar-refractivity contribution in [2.45, 2.75) is 6.92 Å². The van der Waals surface area contributed by atoms with Crippen molar-refractivity contribution in [1.29, 1.82) is 5.26 Å². The van der Waals surface area contributed by atoms with E-state index in [1.165, 1.54) is 30.3 Å². The normalized spacial score (nSPS) is 9.90. The first-order valence-electron chi connectivity index (χ1n) is 5.78. The van der Waals surface area contributed by atoms with Gasteiger partial charge in [-0.25, -0.2) is 4.39 Å². The molecule has 0 unspecified atom stereocenters. The van der Waals surface area contributed by atoms with Crippen molar-refractivity contribution >= 4 is 23.2 Å². The quantitative estimate of drug-likeness (QED) is 0.911. The standard InChI is InChI=1S/C15H10ClFN2O/c1-9-2-5-13(17)11(6-9)15(20)19-14-7-10(8-18)3-4-12(14)16/h2-7H,1H3,(H,19,20). The number of nitrogens with one attached hydrogen (secondary N) is 1. The van der Waals surface area contributed by atoms with Gasteiger partial charge in [0.05, 0.1) is 27.9 Å². The Morgan fingerprint density at radius 1 is 1.30 bits per heavy atom. The third kappa shape index (κ3) is 2.95. The third-order valence-electron chi connectivity index (χ3n) is 2.71. The molecule has 0 aromatic heterocycles. The molecule has 2 rings (SSSR count). The predicted octanol–water partition coefficient (Wildman–Crippen LogP) is 3.91. The highest BCUT2D eigenvalue weighted by Crippen LogP contribution is 2.24. The fourth-order valence-electron chi connectivity index (χ4n) is 1.69. The van der Waals surface area contributed by atoms with Gasteiger partial charge in [0.15, 0.2) is 0 Å². The number of nitrogens with zero attached hydrogens (tertiary/aromatic N) is 1. The van der Waals surface area contributed by atoms with Crippen LogP contribution in [0.4, 0.5) is 10.1 Å². The van der Waals surface area contributed by atoms with E-state index < -0.39 is 11.7 Å². The van der Waals surface area contributed by atoms with E-state index in [1.54, 1.807) is 13.0 Å². The summed E-state index contributed by atoms with van der Waals surface area (Å²) in [6.45, 7) is 1.76. The van der Waals surface area contributed by atoms with Crippen LogP contribution in [0.1, 0.15) is 21.5 Å². The first kappa shape index (κ1) is 14.0. The number of benzene rings is 2. The van der Waals surface area contributed by atoms with Crippen LogP contribution >= 0.6 is 11.6 Å². The molecule has 0 fully saturated rings. The van der Waals surface area contributed by atoms with Gasteiger partial charge in [-0.2, -0.15) is 5.26 Å². The van der Waals surface area contributed by atoms with Gasteiger partial charge in [-0.05, 0) is 37.3 Å². The summed E-state index contributed by atoms with van der Waals surface area (Å²) in [4.78, 5) is 12.0. The molecule has 0 saturated carbocycles. The maximum Gasteiger partial charge on any atom is 0.258 e. The minimum Gasteiger partial charge on any atom is -0.320 e. The summed E-state index contributed by atoms with van der Waals surface area (Å²) in [7, 11) is 0. The fraction of sp³-hybridized carbons (Fsp3) is 0.0667. The Morgan fingerprint density at radius 2 is 2.05 bits per heavy atom. The lowest BCUT2D eigenvalue weighted by Gasteiger charge is -2.09. The van der Waals surface area contributed by atoms with E-state index in [0.29, 0.717) is 5.56 Å². The minimum absolute atomic E-state index is 0.0663. The molecule has 3 nitrogen and oxygen atoms in total. The number of aryl methyl sites for hydroxylation is 1. The van der Waals surface area contributed by atoms with Crippen molar-refractivity contribution in [3.05, 3.63) is 63.9 Å². The van der Waals surface area contributed by atoms with Crippen LogP contribution in [0.5, 0.6) is 0 Å². The van der Waals surface area contributed by atoms with Crippen LogP contribution < -0.4 is 5.32 Å². The van der Waals surface area contributed by atoms with E-state index in [1.807, 2.05) is 6.07 Å². The van der Waals surface area contributed by atoms with Crippen molar-refractivity contribution in [3.8, 4) is 6.07 Å². The molecule has 0 radical (unpaired) electrons. The number of rotatable bonds is 2. The van der Waals surface area contributed by atoms with Crippen molar-refractivity contribution in [3.63, 3.8) is 0 Å². The van der Waals surface area contributed by atoms with Gasteiger partial charge >= 0.3 is 0 Å². The first-order chi connectivity index (χ1) is 9.51. The molecular formula is C15H10ClFN2O. The fourth-order valence-corrected chi connectivity index (χ4v) is 1.86. The number of carbonyl (C=O) groups excluding carboxylic acids is 1. The average Bonchev–Trinajstić information content (AvgIpc) is 2.43. The van der Waals surface area contributed by atoms with Gasteiger partial charge in [0.1, 0.15) is 5.82 Å². The molecule has 0 spiro atoms. The molecule has 100 valence electrons. The summed E-state index contributed by atoms with van der Waals surface area (Å²) in [5, 5.41) is 11.6. The van der Waals surface area contributed by atoms with E-state index >= 15 is 0 Å². The summed E-state index contributed by atoms with van der Waals surface area (Å²) in [5.41, 5.74) is 1.34. The van der Waals surface area contributed by atoms with Gasteiger partial charge in [-0.3, -0.25) is 4.79 Å². The van der Waals surface area contributed by atoms with Crippen molar-refractivity contribution < 1.29 is 9.18 Å². The van der Waals surface area contributed by atoms with Crippen LogP contribution in [0.2, 0.25) is 5.02 Å². The SMILES string of the molecule is Cc1ccc(F)c(C(=O)Nc2cc(C#N)ccc2Cl)c1. The molecule has 0 heterocycles. The second-order valence-electron chi connectivity index (χ2n) is 4.24. The molecule has 1 amide bonds. The first-order valence-corrected chi connectivity index (χ1v) is 6.16. The monoisotopic (exact) mass is 288 g/mol. The van der Waals surface area contributed by atoms with Crippen molar-refractivity contribution in [1.82, 2.24) is 0 Å². The molecule has 0 aliphatic carbocycles. The molecular weight excluding hydrogens is 279 g/mol. The topological polar surface area (TPSA) is 52.9 Å². The van der Waals surface area contributed by atoms with Gasteiger partial charge in [0, 0.05) is 0 Å². The van der Waals surface area contributed by atoms with Crippen LogP contribution in [0.15, 0.2) is 36.4 Å². The van der Waals surface area contributed by atoms with E-state index in [4.69, 9.17) is 16.9 Å². The lowest BCUT2D eigenvalue weighted by Crippen LogP contribution is -2.14. The number of carbonyl (C=O) groups is 1. The molecule has 0 bridgehead atoms. The lowest BCUT2D eigenvalue weighted by atomic mass is 10.1. The Labute approximate surface area is 120 Å². The van der Waals surface area contributed by atoms with E-state index in [2.05, 4.69) is 5.32 Å². The molecule has 0 atom stereocenters. The molecule has 1 N–H and O–H groups in total. The maximum absolute atomic E-state index is 13.6. The second-order valence-corrected chi connectivity index (χ2v) is 4.65. The van der Waals surface area contributed by atoms with Crippen LogP contribution in [0, 0.1) is 24.1 Å². The molecule has 20 heavy (non-hydrogen) atoms. The molecule has 2 aromatic rings. The molecule has 2 aromatic carbocycles. The maximum atomic E-state index is 13.6. The highest BCUT2D eigenvalue weighted by Gasteiger charge is 2.13. The zero-order chi connectivity index (χ0) is 14.7. The average molecular weight is 289 g/mol. The second kappa shape index (κ2) is 5.72. The number of hydrogen-bond acceptors (Lipinski definition) is 2. The van der Waals surface area contributed by atoms with Gasteiger partial charge in [-0.15, -0.1) is 0 Å². The minimum atomic E-state index is -0.610. The number of anilines is 1. The Morgan fingerprint density at radius 3 is 2.75 bits per heavy atom. The zero-order valence-corrected chi connectivity index (χ0v) is 11.3. The third-order valence-corrected chi connectivity index (χ3v) is 3.04. The molecule has 0 aliphatic rings. The molecule has 5 heteroatoms. The van der Waals surface area contributed by atoms with Gasteiger partial charge in [0.2, 0.25) is 0 Å². The van der Waals surface area contributed by atoms with Crippen molar-refractivity contribution in [2.75, 3.05) is 5.32 Å². The molecule has 0 aliphatic heterocycles. The highest BCUT2D eigenvalue weighted by molar-refractivity contribution is 6.34. The predicted molar refractivity (Wildman–Crippen MR) is 75.3 cm³/mol. The number of hydrogen-bond donors (Lipinski definition) is 1. The highest BCUT2D eigenvalue weighted by atomic mass is 35.5. The van der Waals surface area contributed by atoms with E-state index in [0.717, 1.165) is 5.56 Å². The Hall–Kier alpha value is -2.38. The number of nitriles is 1. The van der Waals surface area contributed by atoms with Gasteiger partial charge < -0.3 is 5.32 Å². The van der Waals surface area contributed by atoms with E-state index in [-0.39, 0.29) is 16.3 Å². The van der Waals surface area contributed by atoms with Crippen LogP contribution in [-0.4, -0.2) is 5.91 Å². The van der Waals surface area contributed by atoms with Crippen molar-refractivity contribution in [2.24, 2.45) is 0 Å². The zero-order valence-electron chi connectivity index (χ0n) is 10.6. The van der Waals surface area contributed by atoms with Crippen LogP contribution in [0.25, 0.3) is 0 Å². The van der Waals surface area contributed by atoms with E-state index in [9.17, 15) is 9.18 Å². The number of amides is 1. The summed E-state index contributed by atoms with van der Waals surface area (Å²) >= 11 is 5.94. The largest absolute Gasteiger partial charge is 0.320 e. The van der Waals surface area contributed by atoms with Crippen LogP contribution in [0.3, 0.4) is 0 Å². The summed E-state index contributed by atoms with van der Waals surface area (Å²) < 4.78 is 13.6. The summed E-state index contributed by atoms with van der Waals surface area (Å²) in [5.74, 6) is -1.22. The lowest BCUT2D eigenvalue weighted by molar-refractivity contribution is 0.102. The van der Waals surface area contributed by atoms with Crippen LogP contribution in [-0.2, 0) is 0 Å². The summed E-state index contributed by atoms with van der Waals surface area (Å²) in [6, 6.07) is 10.7. The van der Waals surface area contributed by atoms with Gasteiger partial charge in [-0.1, -0.05) is 23.2 Å². The number of halogens is 2. The smallest absolute Gasteiger partial charge is 0.258 e.